The van der Waals surface area contributed by atoms with Gasteiger partial charge in [-0.25, -0.2) is 4.79 Å². The van der Waals surface area contributed by atoms with Crippen LogP contribution >= 0.6 is 0 Å². The molecule has 1 heterocycles. The smallest absolute Gasteiger partial charge is 0.381 e. The van der Waals surface area contributed by atoms with E-state index in [1.165, 1.54) is 5.06 Å². The highest BCUT2D eigenvalue weighted by molar-refractivity contribution is 7.87. The van der Waals surface area contributed by atoms with E-state index in [0.29, 0.717) is 0 Å². The Kier molecular flexibility index (Phi) is 4.94. The van der Waals surface area contributed by atoms with E-state index in [-0.39, 0.29) is 25.3 Å². The Morgan fingerprint density at radius 1 is 1.29 bits per heavy atom. The lowest BCUT2D eigenvalue weighted by atomic mass is 9.98. The first-order chi connectivity index (χ1) is 9.33. The van der Waals surface area contributed by atoms with Gasteiger partial charge in [0, 0.05) is 13.0 Å². The van der Waals surface area contributed by atoms with Crippen molar-refractivity contribution in [1.82, 2.24) is 5.06 Å². The Labute approximate surface area is 120 Å². The minimum Gasteiger partial charge on any atom is -0.381 e. The Hall–Kier alpha value is -1.29. The van der Waals surface area contributed by atoms with Crippen LogP contribution in [0.3, 0.4) is 0 Å². The number of hydrogen-bond acceptors (Lipinski definition) is 6. The Morgan fingerprint density at radius 3 is 2.24 bits per heavy atom. The molecular weight excluding hydrogens is 315 g/mol. The summed E-state index contributed by atoms with van der Waals surface area (Å²) in [5, 5.41) is 1.22. The molecule has 0 bridgehead atoms. The van der Waals surface area contributed by atoms with Crippen molar-refractivity contribution in [2.75, 3.05) is 13.1 Å². The van der Waals surface area contributed by atoms with Crippen LogP contribution in [0.1, 0.15) is 27.2 Å². The van der Waals surface area contributed by atoms with Crippen LogP contribution in [-0.4, -0.2) is 38.0 Å². The van der Waals surface area contributed by atoms with Crippen LogP contribution in [0.2, 0.25) is 0 Å². The average molecular weight is 331 g/mol. The first-order valence-electron chi connectivity index (χ1n) is 6.00. The van der Waals surface area contributed by atoms with Crippen molar-refractivity contribution < 1.29 is 35.4 Å². The zero-order valence-electron chi connectivity index (χ0n) is 11.7. The molecule has 0 aromatic carbocycles. The highest BCUT2D eigenvalue weighted by Crippen LogP contribution is 2.28. The van der Waals surface area contributed by atoms with Gasteiger partial charge in [0.2, 0.25) is 0 Å². The van der Waals surface area contributed by atoms with Crippen molar-refractivity contribution in [3.63, 3.8) is 0 Å². The maximum absolute atomic E-state index is 12.1. The Balaban J connectivity index is 2.62. The van der Waals surface area contributed by atoms with Crippen LogP contribution in [-0.2, 0) is 23.9 Å². The largest absolute Gasteiger partial charge is 0.534 e. The van der Waals surface area contributed by atoms with E-state index in [9.17, 15) is 26.4 Å². The zero-order valence-corrected chi connectivity index (χ0v) is 12.5. The molecule has 1 aliphatic heterocycles. The molecule has 6 nitrogen and oxygen atoms in total. The third-order valence-electron chi connectivity index (χ3n) is 2.45. The van der Waals surface area contributed by atoms with Crippen molar-refractivity contribution in [1.29, 1.82) is 0 Å². The third-order valence-corrected chi connectivity index (χ3v) is 3.46. The van der Waals surface area contributed by atoms with E-state index in [1.54, 1.807) is 20.8 Å². The van der Waals surface area contributed by atoms with Gasteiger partial charge in [-0.05, 0) is 26.8 Å². The number of carbonyl (C=O) groups excluding carboxylic acids is 1. The summed E-state index contributed by atoms with van der Waals surface area (Å²) in [5.74, 6) is -0.821. The summed E-state index contributed by atoms with van der Waals surface area (Å²) in [7, 11) is -5.66. The number of rotatable bonds is 3. The van der Waals surface area contributed by atoms with Gasteiger partial charge in [-0.1, -0.05) is 0 Å². The summed E-state index contributed by atoms with van der Waals surface area (Å²) < 4.78 is 62.1. The lowest BCUT2D eigenvalue weighted by Crippen LogP contribution is -2.37. The molecule has 0 amide bonds. The summed E-state index contributed by atoms with van der Waals surface area (Å²) in [5.41, 5.74) is -6.19. The fourth-order valence-corrected chi connectivity index (χ4v) is 1.76. The molecule has 1 aliphatic rings. The van der Waals surface area contributed by atoms with Crippen molar-refractivity contribution in [2.24, 2.45) is 5.41 Å². The van der Waals surface area contributed by atoms with Crippen molar-refractivity contribution >= 4 is 16.1 Å². The molecule has 0 saturated heterocycles. The molecule has 0 spiro atoms. The molecule has 122 valence electrons. The maximum Gasteiger partial charge on any atom is 0.534 e. The minimum absolute atomic E-state index is 0.0427. The van der Waals surface area contributed by atoms with E-state index in [2.05, 4.69) is 4.18 Å². The molecule has 0 aromatic heterocycles. The van der Waals surface area contributed by atoms with Gasteiger partial charge in [0.05, 0.1) is 12.0 Å². The zero-order chi connectivity index (χ0) is 16.5. The normalized spacial score (nSPS) is 18.1. The lowest BCUT2D eigenvalue weighted by Gasteiger charge is -2.27. The van der Waals surface area contributed by atoms with E-state index in [0.717, 1.165) is 6.08 Å². The van der Waals surface area contributed by atoms with Gasteiger partial charge >= 0.3 is 21.6 Å². The van der Waals surface area contributed by atoms with Crippen molar-refractivity contribution in [3.05, 3.63) is 11.8 Å². The molecule has 0 aromatic rings. The molecule has 0 saturated carbocycles. The Bertz CT molecular complexity index is 533. The fourth-order valence-electron chi connectivity index (χ4n) is 1.23. The third kappa shape index (κ3) is 4.88. The highest BCUT2D eigenvalue weighted by atomic mass is 32.2. The van der Waals surface area contributed by atoms with E-state index in [1.807, 2.05) is 0 Å². The fraction of sp³-hybridized carbons (Fsp3) is 0.727. The summed E-state index contributed by atoms with van der Waals surface area (Å²) in [6.07, 6.45) is 1.01. The van der Waals surface area contributed by atoms with Crippen molar-refractivity contribution in [2.45, 2.75) is 32.7 Å². The molecule has 0 N–H and O–H groups in total. The summed E-state index contributed by atoms with van der Waals surface area (Å²) in [4.78, 5) is 16.6. The second-order valence-corrected chi connectivity index (χ2v) is 6.96. The molecule has 0 fully saturated rings. The quantitative estimate of drug-likeness (QED) is 0.581. The number of halogens is 3. The monoisotopic (exact) mass is 331 g/mol. The van der Waals surface area contributed by atoms with E-state index < -0.39 is 27.0 Å². The standard InChI is InChI=1S/C11H16F3NO5S/c1-10(2,3)9(16)19-15-6-4-8(5-7-15)20-21(17,18)11(12,13)14/h4H,5-7H2,1-3H3. The number of hydroxylamine groups is 2. The second kappa shape index (κ2) is 5.84. The van der Waals surface area contributed by atoms with Crippen LogP contribution in [0.4, 0.5) is 13.2 Å². The topological polar surface area (TPSA) is 72.9 Å². The van der Waals surface area contributed by atoms with Crippen LogP contribution in [0.25, 0.3) is 0 Å². The van der Waals surface area contributed by atoms with Gasteiger partial charge in [-0.2, -0.15) is 21.6 Å². The predicted molar refractivity (Wildman–Crippen MR) is 65.9 cm³/mol. The highest BCUT2D eigenvalue weighted by Gasteiger charge is 2.49. The van der Waals surface area contributed by atoms with Gasteiger partial charge < -0.3 is 9.02 Å². The second-order valence-electron chi connectivity index (χ2n) is 5.42. The molecule has 0 radical (unpaired) electrons. The summed E-state index contributed by atoms with van der Waals surface area (Å²) in [6.45, 7) is 4.95. The SMILES string of the molecule is CC(C)(C)C(=O)ON1CC=C(OS(=O)(=O)C(F)(F)F)CC1. The van der Waals surface area contributed by atoms with E-state index in [4.69, 9.17) is 4.84 Å². The predicted octanol–water partition coefficient (Wildman–Crippen LogP) is 1.95. The molecule has 10 heteroatoms. The first kappa shape index (κ1) is 17.8. The molecule has 21 heavy (non-hydrogen) atoms. The van der Waals surface area contributed by atoms with E-state index >= 15 is 0 Å². The van der Waals surface area contributed by atoms with Gasteiger partial charge in [0.1, 0.15) is 5.76 Å². The molecular formula is C11H16F3NO5S. The molecule has 0 aliphatic carbocycles. The Morgan fingerprint density at radius 2 is 1.86 bits per heavy atom. The first-order valence-corrected chi connectivity index (χ1v) is 7.41. The van der Waals surface area contributed by atoms with Crippen LogP contribution in [0.15, 0.2) is 11.8 Å². The molecule has 0 atom stereocenters. The maximum atomic E-state index is 12.1. The van der Waals surface area contributed by atoms with Gasteiger partial charge in [-0.3, -0.25) is 0 Å². The minimum atomic E-state index is -5.66. The number of alkyl halides is 3. The van der Waals surface area contributed by atoms with Gasteiger partial charge in [0.15, 0.2) is 0 Å². The van der Waals surface area contributed by atoms with Crippen LogP contribution in [0.5, 0.6) is 0 Å². The number of carbonyl (C=O) groups is 1. The van der Waals surface area contributed by atoms with Crippen LogP contribution in [0, 0.1) is 5.41 Å². The van der Waals surface area contributed by atoms with Gasteiger partial charge in [0.25, 0.3) is 0 Å². The molecule has 1 rings (SSSR count). The summed E-state index contributed by atoms with van der Waals surface area (Å²) in [6, 6.07) is 0. The van der Waals surface area contributed by atoms with Crippen molar-refractivity contribution in [3.8, 4) is 0 Å². The number of hydrogen-bond donors (Lipinski definition) is 0. The average Bonchev–Trinajstić information content (AvgIpc) is 2.28. The summed E-state index contributed by atoms with van der Waals surface area (Å²) >= 11 is 0. The van der Waals surface area contributed by atoms with Gasteiger partial charge in [-0.15, -0.1) is 5.06 Å². The number of nitrogens with zero attached hydrogens (tertiary/aromatic N) is 1. The lowest BCUT2D eigenvalue weighted by molar-refractivity contribution is -0.199. The molecule has 0 unspecified atom stereocenters. The van der Waals surface area contributed by atoms with Crippen LogP contribution < -0.4 is 0 Å².